The molecule has 33 heavy (non-hydrogen) atoms. The second-order valence-corrected chi connectivity index (χ2v) is 11.1. The molecule has 0 spiro atoms. The number of piperidine rings is 4. The van der Waals surface area contributed by atoms with Gasteiger partial charge < -0.3 is 9.80 Å². The van der Waals surface area contributed by atoms with Crippen LogP contribution in [0.4, 0.5) is 0 Å². The van der Waals surface area contributed by atoms with Gasteiger partial charge in [0, 0.05) is 43.7 Å². The Morgan fingerprint density at radius 1 is 0.939 bits per heavy atom. The zero-order chi connectivity index (χ0) is 22.8. The molecule has 0 aromatic heterocycles. The first-order valence-electron chi connectivity index (χ1n) is 13.5. The molecule has 2 amide bonds. The van der Waals surface area contributed by atoms with Gasteiger partial charge in [0.1, 0.15) is 0 Å². The third kappa shape index (κ3) is 4.84. The lowest BCUT2D eigenvalue weighted by Crippen LogP contribution is -2.65. The largest absolute Gasteiger partial charge is 0.343 e. The number of rotatable bonds is 5. The van der Waals surface area contributed by atoms with Crippen molar-refractivity contribution in [2.24, 2.45) is 17.8 Å². The van der Waals surface area contributed by atoms with Crippen LogP contribution in [0.25, 0.3) is 0 Å². The predicted molar refractivity (Wildman–Crippen MR) is 131 cm³/mol. The Balaban J connectivity index is 1.30. The number of benzene rings is 1. The standard InChI is InChI=1S/C28H41N3O2/c1-21-14-18-29(19-15-21)26(32)13-5-12-25-24-11-7-17-30-16-6-10-23(27(24)30)20-31(25)28(33)22-8-3-2-4-9-22/h2-4,8-9,21,23-25,27H,5-7,10-20H2,1H3/t23-,24+,25+,27-/m0/s1. The lowest BCUT2D eigenvalue weighted by atomic mass is 9.69. The van der Waals surface area contributed by atoms with Gasteiger partial charge in [0.15, 0.2) is 0 Å². The van der Waals surface area contributed by atoms with Gasteiger partial charge in [0.05, 0.1) is 0 Å². The number of carbonyl (C=O) groups excluding carboxylic acids is 2. The number of hydrogen-bond donors (Lipinski definition) is 0. The molecule has 180 valence electrons. The van der Waals surface area contributed by atoms with E-state index in [4.69, 9.17) is 0 Å². The fourth-order valence-electron chi connectivity index (χ4n) is 7.22. The minimum Gasteiger partial charge on any atom is -0.343 e. The molecule has 4 fully saturated rings. The molecule has 5 nitrogen and oxygen atoms in total. The monoisotopic (exact) mass is 451 g/mol. The molecule has 0 aliphatic carbocycles. The highest BCUT2D eigenvalue weighted by atomic mass is 16.2. The third-order valence-corrected chi connectivity index (χ3v) is 8.98. The lowest BCUT2D eigenvalue weighted by molar-refractivity contribution is -0.132. The fourth-order valence-corrected chi connectivity index (χ4v) is 7.22. The van der Waals surface area contributed by atoms with E-state index in [1.54, 1.807) is 0 Å². The van der Waals surface area contributed by atoms with Gasteiger partial charge in [0.2, 0.25) is 5.91 Å². The van der Waals surface area contributed by atoms with E-state index in [1.165, 1.54) is 38.8 Å². The zero-order valence-corrected chi connectivity index (χ0v) is 20.3. The average molecular weight is 452 g/mol. The average Bonchev–Trinajstić information content (AvgIpc) is 2.86. The molecule has 1 aromatic rings. The molecule has 4 heterocycles. The summed E-state index contributed by atoms with van der Waals surface area (Å²) >= 11 is 0. The van der Waals surface area contributed by atoms with Crippen LogP contribution in [0.3, 0.4) is 0 Å². The molecular formula is C28H41N3O2. The molecule has 4 saturated heterocycles. The normalized spacial score (nSPS) is 30.7. The van der Waals surface area contributed by atoms with Crippen molar-refractivity contribution >= 4 is 11.8 Å². The SMILES string of the molecule is CC1CCN(C(=O)CCC[C@@H]2[C@H]3CCCN4CCC[C@@H](CN2C(=O)c2ccccc2)[C@@H]34)CC1. The number of likely N-dealkylation sites (tertiary alicyclic amines) is 2. The van der Waals surface area contributed by atoms with Crippen LogP contribution in [-0.2, 0) is 4.79 Å². The number of nitrogens with zero attached hydrogens (tertiary/aromatic N) is 3. The van der Waals surface area contributed by atoms with Crippen molar-refractivity contribution in [3.8, 4) is 0 Å². The van der Waals surface area contributed by atoms with Crippen molar-refractivity contribution in [2.75, 3.05) is 32.7 Å². The van der Waals surface area contributed by atoms with Crippen molar-refractivity contribution in [2.45, 2.75) is 76.8 Å². The van der Waals surface area contributed by atoms with Gasteiger partial charge in [-0.15, -0.1) is 0 Å². The maximum atomic E-state index is 13.7. The van der Waals surface area contributed by atoms with E-state index < -0.39 is 0 Å². The summed E-state index contributed by atoms with van der Waals surface area (Å²) < 4.78 is 0. The third-order valence-electron chi connectivity index (χ3n) is 8.98. The maximum absolute atomic E-state index is 13.7. The first kappa shape index (κ1) is 22.9. The summed E-state index contributed by atoms with van der Waals surface area (Å²) in [5.41, 5.74) is 0.808. The van der Waals surface area contributed by atoms with Crippen molar-refractivity contribution in [3.63, 3.8) is 0 Å². The van der Waals surface area contributed by atoms with Gasteiger partial charge >= 0.3 is 0 Å². The minimum atomic E-state index is 0.193. The van der Waals surface area contributed by atoms with Crippen LogP contribution >= 0.6 is 0 Å². The smallest absolute Gasteiger partial charge is 0.254 e. The summed E-state index contributed by atoms with van der Waals surface area (Å²) in [6.07, 6.45) is 9.70. The van der Waals surface area contributed by atoms with E-state index in [1.807, 2.05) is 30.3 Å². The molecule has 0 unspecified atom stereocenters. The molecule has 5 rings (SSSR count). The van der Waals surface area contributed by atoms with Crippen LogP contribution in [0.5, 0.6) is 0 Å². The van der Waals surface area contributed by atoms with E-state index >= 15 is 0 Å². The molecule has 4 atom stereocenters. The van der Waals surface area contributed by atoms with Crippen LogP contribution in [0.2, 0.25) is 0 Å². The highest BCUT2D eigenvalue weighted by molar-refractivity contribution is 5.94. The molecule has 1 aromatic carbocycles. The Hall–Kier alpha value is -1.88. The second kappa shape index (κ2) is 10.2. The summed E-state index contributed by atoms with van der Waals surface area (Å²) in [4.78, 5) is 33.6. The van der Waals surface area contributed by atoms with Gasteiger partial charge in [-0.2, -0.15) is 0 Å². The quantitative estimate of drug-likeness (QED) is 0.665. The summed E-state index contributed by atoms with van der Waals surface area (Å²) in [6.45, 7) is 7.46. The number of hydrogen-bond acceptors (Lipinski definition) is 3. The maximum Gasteiger partial charge on any atom is 0.254 e. The molecule has 4 aliphatic rings. The van der Waals surface area contributed by atoms with Gasteiger partial charge in [0.25, 0.3) is 5.91 Å². The Morgan fingerprint density at radius 3 is 2.42 bits per heavy atom. The van der Waals surface area contributed by atoms with E-state index in [-0.39, 0.29) is 11.9 Å². The minimum absolute atomic E-state index is 0.193. The van der Waals surface area contributed by atoms with Crippen LogP contribution < -0.4 is 0 Å². The first-order chi connectivity index (χ1) is 16.1. The summed E-state index contributed by atoms with van der Waals surface area (Å²) in [6, 6.07) is 10.7. The zero-order valence-electron chi connectivity index (χ0n) is 20.3. The lowest BCUT2D eigenvalue weighted by Gasteiger charge is -2.57. The predicted octanol–water partition coefficient (Wildman–Crippen LogP) is 4.43. The highest BCUT2D eigenvalue weighted by Gasteiger charge is 2.49. The van der Waals surface area contributed by atoms with Gasteiger partial charge in [-0.05, 0) is 94.3 Å². The first-order valence-corrected chi connectivity index (χ1v) is 13.5. The van der Waals surface area contributed by atoms with E-state index in [0.29, 0.717) is 30.2 Å². The van der Waals surface area contributed by atoms with E-state index in [0.717, 1.165) is 56.8 Å². The summed E-state index contributed by atoms with van der Waals surface area (Å²) in [5.74, 6) is 2.41. The van der Waals surface area contributed by atoms with Crippen LogP contribution in [0.15, 0.2) is 30.3 Å². The van der Waals surface area contributed by atoms with Crippen molar-refractivity contribution in [3.05, 3.63) is 35.9 Å². The molecule has 5 heteroatoms. The van der Waals surface area contributed by atoms with Crippen molar-refractivity contribution < 1.29 is 9.59 Å². The second-order valence-electron chi connectivity index (χ2n) is 11.1. The van der Waals surface area contributed by atoms with Crippen molar-refractivity contribution in [1.29, 1.82) is 0 Å². The van der Waals surface area contributed by atoms with Crippen LogP contribution in [-0.4, -0.2) is 71.3 Å². The van der Waals surface area contributed by atoms with Crippen LogP contribution in [0.1, 0.15) is 75.1 Å². The topological polar surface area (TPSA) is 43.9 Å². The molecule has 0 N–H and O–H groups in total. The van der Waals surface area contributed by atoms with Crippen molar-refractivity contribution in [1.82, 2.24) is 14.7 Å². The number of amides is 2. The molecule has 0 radical (unpaired) electrons. The Bertz CT molecular complexity index is 818. The summed E-state index contributed by atoms with van der Waals surface area (Å²) in [5, 5.41) is 0. The Morgan fingerprint density at radius 2 is 1.67 bits per heavy atom. The van der Waals surface area contributed by atoms with Gasteiger partial charge in [-0.3, -0.25) is 14.5 Å². The summed E-state index contributed by atoms with van der Waals surface area (Å²) in [7, 11) is 0. The Labute approximate surface area is 199 Å². The molecule has 4 aliphatic heterocycles. The van der Waals surface area contributed by atoms with Crippen LogP contribution in [0, 0.1) is 17.8 Å². The molecular weight excluding hydrogens is 410 g/mol. The van der Waals surface area contributed by atoms with Gasteiger partial charge in [-0.25, -0.2) is 0 Å². The number of carbonyl (C=O) groups is 2. The Kier molecular flexibility index (Phi) is 7.05. The highest BCUT2D eigenvalue weighted by Crippen LogP contribution is 2.43. The van der Waals surface area contributed by atoms with E-state index in [2.05, 4.69) is 21.6 Å². The van der Waals surface area contributed by atoms with E-state index in [9.17, 15) is 9.59 Å². The fraction of sp³-hybridized carbons (Fsp3) is 0.714. The van der Waals surface area contributed by atoms with Gasteiger partial charge in [-0.1, -0.05) is 25.1 Å². The molecule has 0 saturated carbocycles. The molecule has 0 bridgehead atoms.